The Morgan fingerprint density at radius 3 is 2.53 bits per heavy atom. The summed E-state index contributed by atoms with van der Waals surface area (Å²) in [6.45, 7) is 10.4. The summed E-state index contributed by atoms with van der Waals surface area (Å²) < 4.78 is 41.0. The van der Waals surface area contributed by atoms with Crippen molar-refractivity contribution in [3.63, 3.8) is 0 Å². The van der Waals surface area contributed by atoms with Crippen LogP contribution in [0.3, 0.4) is 0 Å². The zero-order valence-corrected chi connectivity index (χ0v) is 18.5. The second-order valence-electron chi connectivity index (χ2n) is 6.88. The number of nitrogens with two attached hydrogens (primary N) is 1. The Balaban J connectivity index is 2.51. The summed E-state index contributed by atoms with van der Waals surface area (Å²) in [5.74, 6) is -2.02. The SMILES string of the molecule is C=CC(=O)NC(=C)/C(=C\C=C/C)Nc1nc(Nc2cc(C(N)=O)ccc2C)ncc1C(F)(F)F. The normalized spacial score (nSPS) is 11.7. The third kappa shape index (κ3) is 6.79. The molecule has 0 fully saturated rings. The van der Waals surface area contributed by atoms with E-state index in [1.54, 1.807) is 32.1 Å². The lowest BCUT2D eigenvalue weighted by Gasteiger charge is -2.18. The van der Waals surface area contributed by atoms with Crippen LogP contribution in [0.4, 0.5) is 30.6 Å². The van der Waals surface area contributed by atoms with Crippen molar-refractivity contribution in [1.82, 2.24) is 15.3 Å². The Morgan fingerprint density at radius 1 is 1.24 bits per heavy atom. The van der Waals surface area contributed by atoms with Crippen molar-refractivity contribution < 1.29 is 22.8 Å². The fourth-order valence-corrected chi connectivity index (χ4v) is 2.58. The first-order valence-electron chi connectivity index (χ1n) is 9.80. The van der Waals surface area contributed by atoms with Crippen molar-refractivity contribution in [2.24, 2.45) is 5.73 Å². The lowest BCUT2D eigenvalue weighted by Crippen LogP contribution is -2.24. The predicted octanol–water partition coefficient (Wildman–Crippen LogP) is 4.33. The van der Waals surface area contributed by atoms with E-state index in [0.29, 0.717) is 17.4 Å². The molecule has 8 nitrogen and oxygen atoms in total. The van der Waals surface area contributed by atoms with E-state index in [0.717, 1.165) is 6.08 Å². The van der Waals surface area contributed by atoms with Crippen LogP contribution in [0.1, 0.15) is 28.4 Å². The topological polar surface area (TPSA) is 122 Å². The highest BCUT2D eigenvalue weighted by atomic mass is 19.4. The van der Waals surface area contributed by atoms with Crippen LogP contribution in [0, 0.1) is 6.92 Å². The lowest BCUT2D eigenvalue weighted by molar-refractivity contribution is -0.137. The standard InChI is InChI=1S/C23H23F3N6O2/c1-5-7-8-17(14(4)29-19(33)6-2)30-21-16(23(24,25)26)12-28-22(32-21)31-18-11-15(20(27)34)10-9-13(18)3/h5-12H,2,4H2,1,3H3,(H2,27,34)(H,29,33)(H2,28,30,31,32)/b7-5-,17-8+. The zero-order valence-electron chi connectivity index (χ0n) is 18.5. The number of primary amides is 1. The molecule has 0 atom stereocenters. The van der Waals surface area contributed by atoms with Gasteiger partial charge in [0.25, 0.3) is 0 Å². The van der Waals surface area contributed by atoms with Crippen molar-refractivity contribution in [3.05, 3.63) is 89.9 Å². The Morgan fingerprint density at radius 2 is 1.94 bits per heavy atom. The molecule has 0 spiro atoms. The second-order valence-corrected chi connectivity index (χ2v) is 6.88. The van der Waals surface area contributed by atoms with Crippen LogP contribution in [-0.4, -0.2) is 21.8 Å². The molecule has 0 radical (unpaired) electrons. The van der Waals surface area contributed by atoms with E-state index in [2.05, 4.69) is 39.1 Å². The van der Waals surface area contributed by atoms with E-state index in [9.17, 15) is 22.8 Å². The number of rotatable bonds is 9. The number of alkyl halides is 3. The van der Waals surface area contributed by atoms with Gasteiger partial charge in [0.15, 0.2) is 0 Å². The Hall–Kier alpha value is -4.41. The number of nitrogens with zero attached hydrogens (tertiary/aromatic N) is 2. The average molecular weight is 472 g/mol. The highest BCUT2D eigenvalue weighted by Gasteiger charge is 2.35. The molecule has 2 aromatic rings. The molecule has 2 rings (SSSR count). The van der Waals surface area contributed by atoms with Gasteiger partial charge in [0.05, 0.1) is 11.4 Å². The van der Waals surface area contributed by atoms with Gasteiger partial charge in [-0.25, -0.2) is 4.98 Å². The average Bonchev–Trinajstić information content (AvgIpc) is 2.77. The van der Waals surface area contributed by atoms with Crippen LogP contribution in [0.2, 0.25) is 0 Å². The van der Waals surface area contributed by atoms with Crippen molar-refractivity contribution in [3.8, 4) is 0 Å². The van der Waals surface area contributed by atoms with E-state index < -0.39 is 29.4 Å². The summed E-state index contributed by atoms with van der Waals surface area (Å²) >= 11 is 0. The number of nitrogens with one attached hydrogen (secondary N) is 3. The Labute approximate surface area is 194 Å². The number of hydrogen-bond donors (Lipinski definition) is 4. The highest BCUT2D eigenvalue weighted by Crippen LogP contribution is 2.35. The molecule has 11 heteroatoms. The van der Waals surface area contributed by atoms with Gasteiger partial charge >= 0.3 is 6.18 Å². The molecule has 5 N–H and O–H groups in total. The Kier molecular flexibility index (Phi) is 8.32. The maximum Gasteiger partial charge on any atom is 0.421 e. The molecular weight excluding hydrogens is 449 g/mol. The molecule has 0 aliphatic rings. The lowest BCUT2D eigenvalue weighted by atomic mass is 10.1. The monoisotopic (exact) mass is 472 g/mol. The first-order valence-corrected chi connectivity index (χ1v) is 9.80. The summed E-state index contributed by atoms with van der Waals surface area (Å²) in [7, 11) is 0. The van der Waals surface area contributed by atoms with E-state index in [4.69, 9.17) is 5.73 Å². The number of aromatic nitrogens is 2. The number of halogens is 3. The number of allylic oxidation sites excluding steroid dienone is 3. The first-order chi connectivity index (χ1) is 16.0. The third-order valence-electron chi connectivity index (χ3n) is 4.36. The van der Waals surface area contributed by atoms with Gasteiger partial charge < -0.3 is 21.7 Å². The van der Waals surface area contributed by atoms with Crippen LogP contribution in [0.5, 0.6) is 0 Å². The fourth-order valence-electron chi connectivity index (χ4n) is 2.58. The van der Waals surface area contributed by atoms with Gasteiger partial charge in [-0.1, -0.05) is 31.4 Å². The first kappa shape index (κ1) is 25.8. The summed E-state index contributed by atoms with van der Waals surface area (Å²) in [6, 6.07) is 4.58. The van der Waals surface area contributed by atoms with Crippen LogP contribution < -0.4 is 21.7 Å². The van der Waals surface area contributed by atoms with Crippen LogP contribution in [0.15, 0.2) is 73.3 Å². The summed E-state index contributed by atoms with van der Waals surface area (Å²) in [4.78, 5) is 30.8. The van der Waals surface area contributed by atoms with Crippen molar-refractivity contribution in [1.29, 1.82) is 0 Å². The van der Waals surface area contributed by atoms with E-state index >= 15 is 0 Å². The minimum Gasteiger partial charge on any atom is -0.366 e. The molecule has 0 saturated heterocycles. The quantitative estimate of drug-likeness (QED) is 0.318. The molecule has 0 saturated carbocycles. The van der Waals surface area contributed by atoms with Crippen molar-refractivity contribution in [2.75, 3.05) is 10.6 Å². The smallest absolute Gasteiger partial charge is 0.366 e. The molecule has 2 amide bonds. The van der Waals surface area contributed by atoms with Gasteiger partial charge in [-0.15, -0.1) is 0 Å². The van der Waals surface area contributed by atoms with Gasteiger partial charge in [-0.3, -0.25) is 9.59 Å². The van der Waals surface area contributed by atoms with Gasteiger partial charge in [-0.05, 0) is 43.7 Å². The second kappa shape index (κ2) is 10.9. The van der Waals surface area contributed by atoms with Crippen LogP contribution >= 0.6 is 0 Å². The molecule has 0 unspecified atom stereocenters. The molecule has 34 heavy (non-hydrogen) atoms. The summed E-state index contributed by atoms with van der Waals surface area (Å²) in [5.41, 5.74) is 5.46. The molecule has 0 aliphatic carbocycles. The molecule has 1 aromatic heterocycles. The molecule has 178 valence electrons. The van der Waals surface area contributed by atoms with E-state index in [-0.39, 0.29) is 22.9 Å². The maximum absolute atomic E-state index is 13.7. The van der Waals surface area contributed by atoms with Crippen LogP contribution in [0.25, 0.3) is 0 Å². The van der Waals surface area contributed by atoms with Crippen LogP contribution in [-0.2, 0) is 11.0 Å². The van der Waals surface area contributed by atoms with Gasteiger partial charge in [-0.2, -0.15) is 18.2 Å². The number of anilines is 3. The maximum atomic E-state index is 13.7. The van der Waals surface area contributed by atoms with Gasteiger partial charge in [0, 0.05) is 17.4 Å². The predicted molar refractivity (Wildman–Crippen MR) is 124 cm³/mol. The third-order valence-corrected chi connectivity index (χ3v) is 4.36. The highest BCUT2D eigenvalue weighted by molar-refractivity contribution is 5.94. The number of amides is 2. The summed E-state index contributed by atoms with van der Waals surface area (Å²) in [5, 5.41) is 7.76. The summed E-state index contributed by atoms with van der Waals surface area (Å²) in [6.07, 6.45) is 1.43. The minimum absolute atomic E-state index is 0.00532. The molecule has 0 bridgehead atoms. The molecule has 1 aromatic carbocycles. The van der Waals surface area contributed by atoms with Crippen molar-refractivity contribution >= 4 is 29.3 Å². The largest absolute Gasteiger partial charge is 0.421 e. The van der Waals surface area contributed by atoms with Crippen molar-refractivity contribution in [2.45, 2.75) is 20.0 Å². The number of carbonyl (C=O) groups excluding carboxylic acids is 2. The zero-order chi connectivity index (χ0) is 25.5. The fraction of sp³-hybridized carbons (Fsp3) is 0.130. The molecule has 0 aliphatic heterocycles. The van der Waals surface area contributed by atoms with Gasteiger partial charge in [0.1, 0.15) is 11.4 Å². The Bertz CT molecular complexity index is 1190. The van der Waals surface area contributed by atoms with E-state index in [1.807, 2.05) is 0 Å². The molecule has 1 heterocycles. The van der Waals surface area contributed by atoms with E-state index in [1.165, 1.54) is 18.2 Å². The number of hydrogen-bond acceptors (Lipinski definition) is 6. The number of aryl methyl sites for hydroxylation is 1. The minimum atomic E-state index is -4.78. The number of carbonyl (C=O) groups is 2. The van der Waals surface area contributed by atoms with Gasteiger partial charge in [0.2, 0.25) is 17.8 Å². The number of benzene rings is 1. The molecular formula is C23H23F3N6O2.